The van der Waals surface area contributed by atoms with Crippen molar-refractivity contribution in [3.05, 3.63) is 53.9 Å². The van der Waals surface area contributed by atoms with Gasteiger partial charge >= 0.3 is 0 Å². The number of hydrogen-bond acceptors (Lipinski definition) is 3. The highest BCUT2D eigenvalue weighted by Crippen LogP contribution is 2.23. The van der Waals surface area contributed by atoms with E-state index in [-0.39, 0.29) is 36.8 Å². The van der Waals surface area contributed by atoms with Crippen LogP contribution >= 0.6 is 24.8 Å². The fourth-order valence-electron chi connectivity index (χ4n) is 2.97. The molecule has 2 aromatic rings. The average molecular weight is 368 g/mol. The predicted octanol–water partition coefficient (Wildman–Crippen LogP) is 3.46. The summed E-state index contributed by atoms with van der Waals surface area (Å²) in [4.78, 5) is 18.8. The summed E-state index contributed by atoms with van der Waals surface area (Å²) >= 11 is 0. The van der Waals surface area contributed by atoms with E-state index in [2.05, 4.69) is 36.2 Å². The van der Waals surface area contributed by atoms with Crippen molar-refractivity contribution in [3.8, 4) is 11.1 Å². The van der Waals surface area contributed by atoms with Crippen LogP contribution in [0.25, 0.3) is 11.1 Å². The summed E-state index contributed by atoms with van der Waals surface area (Å²) in [5.74, 6) is 0.0365. The third-order valence-electron chi connectivity index (χ3n) is 4.28. The van der Waals surface area contributed by atoms with Gasteiger partial charge in [0, 0.05) is 37.1 Å². The van der Waals surface area contributed by atoms with E-state index in [4.69, 9.17) is 5.73 Å². The van der Waals surface area contributed by atoms with Crippen molar-refractivity contribution in [2.75, 3.05) is 13.1 Å². The van der Waals surface area contributed by atoms with E-state index in [0.717, 1.165) is 30.5 Å². The highest BCUT2D eigenvalue weighted by Gasteiger charge is 2.28. The van der Waals surface area contributed by atoms with Crippen LogP contribution in [0.4, 0.5) is 0 Å². The number of likely N-dealkylation sites (tertiary alicyclic amines) is 1. The average Bonchev–Trinajstić information content (AvgIpc) is 3.03. The second-order valence-electron chi connectivity index (χ2n) is 5.86. The van der Waals surface area contributed by atoms with E-state index in [1.165, 1.54) is 5.56 Å². The Morgan fingerprint density at radius 3 is 2.58 bits per heavy atom. The normalized spacial score (nSPS) is 16.2. The van der Waals surface area contributed by atoms with Crippen molar-refractivity contribution in [3.63, 3.8) is 0 Å². The van der Waals surface area contributed by atoms with Crippen molar-refractivity contribution < 1.29 is 4.79 Å². The standard InChI is InChI=1S/C18H21N3O.2ClH/c1-13-4-6-14(7-5-13)15-9-16(12-20-11-15)18(22)21-8-2-3-17(21)10-19;;/h4-7,9,11-12,17H,2-3,8,10,19H2,1H3;2*1H. The van der Waals surface area contributed by atoms with Gasteiger partial charge < -0.3 is 10.6 Å². The Morgan fingerprint density at radius 2 is 1.92 bits per heavy atom. The molecule has 2 heterocycles. The molecule has 1 unspecified atom stereocenters. The Kier molecular flexibility index (Phi) is 7.67. The Balaban J connectivity index is 0.00000144. The third-order valence-corrected chi connectivity index (χ3v) is 4.28. The van der Waals surface area contributed by atoms with Gasteiger partial charge in [0.15, 0.2) is 0 Å². The summed E-state index contributed by atoms with van der Waals surface area (Å²) in [5, 5.41) is 0. The van der Waals surface area contributed by atoms with E-state index in [1.54, 1.807) is 12.4 Å². The lowest BCUT2D eigenvalue weighted by molar-refractivity contribution is 0.0741. The first-order valence-electron chi connectivity index (χ1n) is 7.72. The molecule has 1 atom stereocenters. The van der Waals surface area contributed by atoms with Gasteiger partial charge in [-0.05, 0) is 31.4 Å². The molecule has 24 heavy (non-hydrogen) atoms. The van der Waals surface area contributed by atoms with Gasteiger partial charge in [-0.2, -0.15) is 0 Å². The number of halogens is 2. The summed E-state index contributed by atoms with van der Waals surface area (Å²) in [6.45, 7) is 3.37. The molecule has 0 saturated carbocycles. The predicted molar refractivity (Wildman–Crippen MR) is 102 cm³/mol. The second-order valence-corrected chi connectivity index (χ2v) is 5.86. The fourth-order valence-corrected chi connectivity index (χ4v) is 2.97. The van der Waals surface area contributed by atoms with E-state index < -0.39 is 0 Å². The first kappa shape index (κ1) is 20.4. The first-order chi connectivity index (χ1) is 10.7. The zero-order valence-electron chi connectivity index (χ0n) is 13.6. The molecular formula is C18H23Cl2N3O. The lowest BCUT2D eigenvalue weighted by atomic mass is 10.0. The SMILES string of the molecule is Cc1ccc(-c2cncc(C(=O)N3CCCC3CN)c2)cc1.Cl.Cl. The molecule has 1 aromatic heterocycles. The van der Waals surface area contributed by atoms with Crippen LogP contribution < -0.4 is 5.73 Å². The lowest BCUT2D eigenvalue weighted by Crippen LogP contribution is -2.39. The van der Waals surface area contributed by atoms with Gasteiger partial charge in [0.25, 0.3) is 5.91 Å². The minimum atomic E-state index is 0. The molecule has 1 aliphatic heterocycles. The van der Waals surface area contributed by atoms with E-state index in [1.807, 2.05) is 11.0 Å². The van der Waals surface area contributed by atoms with Crippen LogP contribution in [0, 0.1) is 6.92 Å². The zero-order valence-corrected chi connectivity index (χ0v) is 15.3. The second kappa shape index (κ2) is 9.02. The number of carbonyl (C=O) groups excluding carboxylic acids is 1. The monoisotopic (exact) mass is 367 g/mol. The van der Waals surface area contributed by atoms with Crippen molar-refractivity contribution >= 4 is 30.7 Å². The quantitative estimate of drug-likeness (QED) is 0.903. The lowest BCUT2D eigenvalue weighted by Gasteiger charge is -2.23. The number of carbonyl (C=O) groups is 1. The highest BCUT2D eigenvalue weighted by atomic mass is 35.5. The van der Waals surface area contributed by atoms with Crippen LogP contribution in [0.15, 0.2) is 42.7 Å². The molecule has 0 aliphatic carbocycles. The number of aromatic nitrogens is 1. The Hall–Kier alpha value is -1.62. The molecule has 3 rings (SSSR count). The largest absolute Gasteiger partial charge is 0.334 e. The number of benzene rings is 1. The number of hydrogen-bond donors (Lipinski definition) is 1. The Bertz CT molecular complexity index is 676. The van der Waals surface area contributed by atoms with Gasteiger partial charge in [-0.15, -0.1) is 24.8 Å². The number of nitrogens with zero attached hydrogens (tertiary/aromatic N) is 2. The van der Waals surface area contributed by atoms with Gasteiger partial charge in [-0.25, -0.2) is 0 Å². The maximum Gasteiger partial charge on any atom is 0.255 e. The smallest absolute Gasteiger partial charge is 0.255 e. The van der Waals surface area contributed by atoms with Gasteiger partial charge in [-0.3, -0.25) is 9.78 Å². The molecule has 1 amide bonds. The molecule has 6 heteroatoms. The molecule has 2 N–H and O–H groups in total. The number of nitrogens with two attached hydrogens (primary N) is 1. The van der Waals surface area contributed by atoms with Crippen LogP contribution in [-0.2, 0) is 0 Å². The van der Waals surface area contributed by atoms with E-state index in [0.29, 0.717) is 12.1 Å². The summed E-state index contributed by atoms with van der Waals surface area (Å²) in [6, 6.07) is 10.3. The number of aryl methyl sites for hydroxylation is 1. The van der Waals surface area contributed by atoms with Gasteiger partial charge in [0.1, 0.15) is 0 Å². The highest BCUT2D eigenvalue weighted by molar-refractivity contribution is 5.95. The third kappa shape index (κ3) is 4.26. The van der Waals surface area contributed by atoms with Crippen LogP contribution in [0.3, 0.4) is 0 Å². The minimum Gasteiger partial charge on any atom is -0.334 e. The number of rotatable bonds is 3. The molecule has 130 valence electrons. The maximum absolute atomic E-state index is 12.7. The summed E-state index contributed by atoms with van der Waals surface area (Å²) in [5.41, 5.74) is 9.66. The molecule has 1 saturated heterocycles. The molecule has 4 nitrogen and oxygen atoms in total. The number of pyridine rings is 1. The molecule has 1 aromatic carbocycles. The van der Waals surface area contributed by atoms with Gasteiger partial charge in [-0.1, -0.05) is 29.8 Å². The molecular weight excluding hydrogens is 345 g/mol. The number of amides is 1. The molecule has 1 fully saturated rings. The summed E-state index contributed by atoms with van der Waals surface area (Å²) < 4.78 is 0. The molecule has 0 spiro atoms. The van der Waals surface area contributed by atoms with Crippen molar-refractivity contribution in [2.45, 2.75) is 25.8 Å². The molecule has 0 bridgehead atoms. The van der Waals surface area contributed by atoms with Crippen LogP contribution in [-0.4, -0.2) is 34.9 Å². The van der Waals surface area contributed by atoms with Crippen LogP contribution in [0.1, 0.15) is 28.8 Å². The first-order valence-corrected chi connectivity index (χ1v) is 7.72. The minimum absolute atomic E-state index is 0. The van der Waals surface area contributed by atoms with Crippen LogP contribution in [0.5, 0.6) is 0 Å². The van der Waals surface area contributed by atoms with E-state index in [9.17, 15) is 4.79 Å². The van der Waals surface area contributed by atoms with Crippen LogP contribution in [0.2, 0.25) is 0 Å². The van der Waals surface area contributed by atoms with Crippen molar-refractivity contribution in [1.29, 1.82) is 0 Å². The summed E-state index contributed by atoms with van der Waals surface area (Å²) in [7, 11) is 0. The van der Waals surface area contributed by atoms with Crippen molar-refractivity contribution in [2.24, 2.45) is 5.73 Å². The Morgan fingerprint density at radius 1 is 1.21 bits per heavy atom. The zero-order chi connectivity index (χ0) is 15.5. The maximum atomic E-state index is 12.7. The fraction of sp³-hybridized carbons (Fsp3) is 0.333. The molecule has 0 radical (unpaired) electrons. The summed E-state index contributed by atoms with van der Waals surface area (Å²) in [6.07, 6.45) is 5.46. The van der Waals surface area contributed by atoms with Crippen molar-refractivity contribution in [1.82, 2.24) is 9.88 Å². The molecule has 1 aliphatic rings. The van der Waals surface area contributed by atoms with Gasteiger partial charge in [0.05, 0.1) is 5.56 Å². The topological polar surface area (TPSA) is 59.2 Å². The van der Waals surface area contributed by atoms with Gasteiger partial charge in [0.2, 0.25) is 0 Å². The van der Waals surface area contributed by atoms with E-state index >= 15 is 0 Å². The Labute approximate surface area is 155 Å².